The van der Waals surface area contributed by atoms with Gasteiger partial charge in [-0.15, -0.1) is 0 Å². The molecule has 0 spiro atoms. The lowest BCUT2D eigenvalue weighted by Crippen LogP contribution is -2.07. The predicted molar refractivity (Wildman–Crippen MR) is 116 cm³/mol. The van der Waals surface area contributed by atoms with Crippen LogP contribution in [-0.4, -0.2) is 21.4 Å². The fourth-order valence-electron chi connectivity index (χ4n) is 3.12. The number of nitrogens with one attached hydrogen (secondary N) is 1. The molecular formula is C23H21N3O2S. The molecular weight excluding hydrogens is 382 g/mol. The van der Waals surface area contributed by atoms with Gasteiger partial charge < -0.3 is 9.47 Å². The van der Waals surface area contributed by atoms with E-state index in [2.05, 4.69) is 22.3 Å². The Morgan fingerprint density at radius 2 is 1.55 bits per heavy atom. The minimum Gasteiger partial charge on any atom is -0.492 e. The van der Waals surface area contributed by atoms with E-state index < -0.39 is 0 Å². The minimum absolute atomic E-state index is 0.276. The van der Waals surface area contributed by atoms with Gasteiger partial charge in [0.15, 0.2) is 10.6 Å². The van der Waals surface area contributed by atoms with Crippen LogP contribution in [0.1, 0.15) is 12.7 Å². The van der Waals surface area contributed by atoms with E-state index in [0.29, 0.717) is 17.2 Å². The fraction of sp³-hybridized carbons (Fsp3) is 0.130. The van der Waals surface area contributed by atoms with Crippen molar-refractivity contribution in [3.63, 3.8) is 0 Å². The van der Waals surface area contributed by atoms with E-state index in [4.69, 9.17) is 21.7 Å². The number of H-pyrrole nitrogens is 1. The van der Waals surface area contributed by atoms with E-state index in [1.807, 2.05) is 78.2 Å². The quantitative estimate of drug-likeness (QED) is 0.410. The molecule has 3 aromatic carbocycles. The Balaban J connectivity index is 1.54. The van der Waals surface area contributed by atoms with Crippen molar-refractivity contribution < 1.29 is 9.47 Å². The molecule has 0 unspecified atom stereocenters. The summed E-state index contributed by atoms with van der Waals surface area (Å²) < 4.78 is 14.0. The Labute approximate surface area is 174 Å². The maximum atomic E-state index is 5.97. The summed E-state index contributed by atoms with van der Waals surface area (Å²) >= 11 is 5.43. The van der Waals surface area contributed by atoms with Crippen LogP contribution in [0.5, 0.6) is 11.5 Å². The maximum absolute atomic E-state index is 5.97. The summed E-state index contributed by atoms with van der Waals surface area (Å²) in [5.41, 5.74) is 3.16. The average molecular weight is 404 g/mol. The van der Waals surface area contributed by atoms with Crippen LogP contribution in [0.15, 0.2) is 78.9 Å². The van der Waals surface area contributed by atoms with Crippen molar-refractivity contribution in [2.45, 2.75) is 13.5 Å². The molecule has 0 aliphatic carbocycles. The number of hydrogen-bond acceptors (Lipinski definition) is 4. The van der Waals surface area contributed by atoms with E-state index in [-0.39, 0.29) is 6.61 Å². The molecule has 0 radical (unpaired) electrons. The third-order valence-corrected chi connectivity index (χ3v) is 4.75. The Bertz CT molecular complexity index is 1130. The second-order valence-electron chi connectivity index (χ2n) is 6.36. The van der Waals surface area contributed by atoms with Crippen LogP contribution >= 0.6 is 12.2 Å². The zero-order valence-corrected chi connectivity index (χ0v) is 16.9. The van der Waals surface area contributed by atoms with Crippen molar-refractivity contribution in [1.29, 1.82) is 0 Å². The Morgan fingerprint density at radius 3 is 2.31 bits per heavy atom. The topological polar surface area (TPSA) is 52.1 Å². The van der Waals surface area contributed by atoms with Gasteiger partial charge in [0.25, 0.3) is 0 Å². The van der Waals surface area contributed by atoms with E-state index >= 15 is 0 Å². The highest BCUT2D eigenvalue weighted by Crippen LogP contribution is 2.25. The van der Waals surface area contributed by atoms with Crippen molar-refractivity contribution in [2.75, 3.05) is 6.61 Å². The Kier molecular flexibility index (Phi) is 5.72. The second-order valence-corrected chi connectivity index (χ2v) is 6.75. The number of ether oxygens (including phenoxy) is 2. The lowest BCUT2D eigenvalue weighted by molar-refractivity contribution is 0.292. The van der Waals surface area contributed by atoms with Gasteiger partial charge in [0.05, 0.1) is 12.3 Å². The van der Waals surface area contributed by atoms with Gasteiger partial charge in [-0.2, -0.15) is 5.10 Å². The summed E-state index contributed by atoms with van der Waals surface area (Å²) in [5.74, 6) is 2.19. The van der Waals surface area contributed by atoms with Gasteiger partial charge in [-0.25, -0.2) is 0 Å². The van der Waals surface area contributed by atoms with Crippen molar-refractivity contribution in [3.8, 4) is 28.3 Å². The lowest BCUT2D eigenvalue weighted by atomic mass is 10.1. The first-order valence-corrected chi connectivity index (χ1v) is 9.84. The van der Waals surface area contributed by atoms with Gasteiger partial charge in [-0.3, -0.25) is 9.67 Å². The van der Waals surface area contributed by atoms with Crippen molar-refractivity contribution in [1.82, 2.24) is 14.8 Å². The lowest BCUT2D eigenvalue weighted by Gasteiger charge is -2.13. The van der Waals surface area contributed by atoms with Gasteiger partial charge in [0.2, 0.25) is 0 Å². The Morgan fingerprint density at radius 1 is 0.862 bits per heavy atom. The summed E-state index contributed by atoms with van der Waals surface area (Å²) in [6.07, 6.45) is 0. The van der Waals surface area contributed by atoms with Crippen LogP contribution in [0.3, 0.4) is 0 Å². The van der Waals surface area contributed by atoms with E-state index in [1.54, 1.807) is 0 Å². The summed E-state index contributed by atoms with van der Waals surface area (Å²) in [7, 11) is 0. The zero-order chi connectivity index (χ0) is 20.1. The monoisotopic (exact) mass is 403 g/mol. The van der Waals surface area contributed by atoms with E-state index in [9.17, 15) is 0 Å². The van der Waals surface area contributed by atoms with E-state index in [0.717, 1.165) is 22.7 Å². The molecule has 1 aromatic heterocycles. The molecule has 146 valence electrons. The normalized spacial score (nSPS) is 10.7. The molecule has 6 heteroatoms. The fourth-order valence-corrected chi connectivity index (χ4v) is 3.37. The first kappa shape index (κ1) is 19.0. The number of nitrogens with zero attached hydrogens (tertiary/aromatic N) is 2. The molecule has 5 nitrogen and oxygen atoms in total. The molecule has 0 atom stereocenters. The number of para-hydroxylation sites is 2. The summed E-state index contributed by atoms with van der Waals surface area (Å²) in [6, 6.07) is 26.0. The number of benzene rings is 3. The number of aromatic nitrogens is 3. The Hall–Kier alpha value is -3.38. The van der Waals surface area contributed by atoms with E-state index in [1.165, 1.54) is 5.56 Å². The standard InChI is InChI=1S/C23H21N3O2S/c1-2-27-21-11-7-6-10-20(21)26-22(24-25-23(26)29)16-28-19-14-12-18(13-15-19)17-8-4-3-5-9-17/h3-15H,2,16H2,1H3,(H,25,29). The largest absolute Gasteiger partial charge is 0.492 e. The summed E-state index contributed by atoms with van der Waals surface area (Å²) in [5, 5.41) is 7.19. The number of aromatic amines is 1. The second kappa shape index (κ2) is 8.75. The highest BCUT2D eigenvalue weighted by atomic mass is 32.1. The van der Waals surface area contributed by atoms with Crippen LogP contribution in [0.25, 0.3) is 16.8 Å². The first-order chi connectivity index (χ1) is 14.3. The van der Waals surface area contributed by atoms with Crippen molar-refractivity contribution in [2.24, 2.45) is 0 Å². The molecule has 4 rings (SSSR count). The number of hydrogen-bond donors (Lipinski definition) is 1. The summed E-state index contributed by atoms with van der Waals surface area (Å²) in [6.45, 7) is 2.80. The SMILES string of the molecule is CCOc1ccccc1-n1c(COc2ccc(-c3ccccc3)cc2)n[nH]c1=S. The molecule has 1 N–H and O–H groups in total. The van der Waals surface area contributed by atoms with Crippen molar-refractivity contribution in [3.05, 3.63) is 89.5 Å². The zero-order valence-electron chi connectivity index (χ0n) is 16.0. The first-order valence-electron chi connectivity index (χ1n) is 9.43. The minimum atomic E-state index is 0.276. The van der Waals surface area contributed by atoms with Crippen molar-refractivity contribution >= 4 is 12.2 Å². The maximum Gasteiger partial charge on any atom is 0.200 e. The number of rotatable bonds is 7. The van der Waals surface area contributed by atoms with Crippen LogP contribution in [-0.2, 0) is 6.61 Å². The molecule has 0 aliphatic rings. The van der Waals surface area contributed by atoms with Crippen LogP contribution in [0.4, 0.5) is 0 Å². The molecule has 0 bridgehead atoms. The van der Waals surface area contributed by atoms with Gasteiger partial charge in [0, 0.05) is 0 Å². The third kappa shape index (κ3) is 4.22. The molecule has 0 aliphatic heterocycles. The molecule has 0 saturated heterocycles. The highest BCUT2D eigenvalue weighted by Gasteiger charge is 2.13. The van der Waals surface area contributed by atoms with Gasteiger partial charge in [-0.1, -0.05) is 54.6 Å². The van der Waals surface area contributed by atoms with Crippen LogP contribution < -0.4 is 9.47 Å². The predicted octanol–water partition coefficient (Wildman–Crippen LogP) is 5.57. The molecule has 0 fully saturated rings. The average Bonchev–Trinajstić information content (AvgIpc) is 3.14. The molecule has 0 saturated carbocycles. The van der Waals surface area contributed by atoms with Gasteiger partial charge >= 0.3 is 0 Å². The molecule has 0 amide bonds. The summed E-state index contributed by atoms with van der Waals surface area (Å²) in [4.78, 5) is 0. The highest BCUT2D eigenvalue weighted by molar-refractivity contribution is 7.71. The van der Waals surface area contributed by atoms with Gasteiger partial charge in [-0.05, 0) is 54.5 Å². The third-order valence-electron chi connectivity index (χ3n) is 4.48. The van der Waals surface area contributed by atoms with Crippen LogP contribution in [0.2, 0.25) is 0 Å². The smallest absolute Gasteiger partial charge is 0.200 e. The molecule has 4 aromatic rings. The molecule has 29 heavy (non-hydrogen) atoms. The molecule has 1 heterocycles. The van der Waals surface area contributed by atoms with Gasteiger partial charge in [0.1, 0.15) is 18.1 Å². The van der Waals surface area contributed by atoms with Crippen LogP contribution in [0, 0.1) is 4.77 Å².